The van der Waals surface area contributed by atoms with Crippen LogP contribution in [0.1, 0.15) is 104 Å². The van der Waals surface area contributed by atoms with Crippen LogP contribution in [-0.4, -0.2) is 45.8 Å². The second-order valence-corrected chi connectivity index (χ2v) is 9.78. The highest BCUT2D eigenvalue weighted by atomic mass is 31.2. The molecule has 1 atom stereocenters. The molecule has 8 nitrogen and oxygen atoms in total. The van der Waals surface area contributed by atoms with Gasteiger partial charge in [-0.05, 0) is 39.0 Å². The van der Waals surface area contributed by atoms with E-state index in [4.69, 9.17) is 14.7 Å². The molecule has 4 N–H and O–H groups in total. The Morgan fingerprint density at radius 2 is 1.38 bits per heavy atom. The van der Waals surface area contributed by atoms with Gasteiger partial charge in [0, 0.05) is 6.42 Å². The van der Waals surface area contributed by atoms with Gasteiger partial charge in [-0.2, -0.15) is 19.2 Å². The SMILES string of the molecule is CCCCCCCC/C=C\CCCCCCCC(=O)NC(C)(CO[P+](O)(O)O)C(=O)OC. The fourth-order valence-corrected chi connectivity index (χ4v) is 3.74. The number of unbranched alkanes of at least 4 members (excludes halogenated alkanes) is 11. The third-order valence-corrected chi connectivity index (χ3v) is 5.72. The van der Waals surface area contributed by atoms with Crippen LogP contribution in [0.15, 0.2) is 12.2 Å². The van der Waals surface area contributed by atoms with E-state index in [1.54, 1.807) is 0 Å². The van der Waals surface area contributed by atoms with Gasteiger partial charge in [-0.25, -0.2) is 4.79 Å². The van der Waals surface area contributed by atoms with Gasteiger partial charge in [0.15, 0.2) is 5.54 Å². The number of hydrogen-bond donors (Lipinski definition) is 4. The average Bonchev–Trinajstić information content (AvgIpc) is 2.74. The predicted molar refractivity (Wildman–Crippen MR) is 128 cm³/mol. The first-order valence-electron chi connectivity index (χ1n) is 11.9. The van der Waals surface area contributed by atoms with Gasteiger partial charge in [0.2, 0.25) is 5.91 Å². The molecule has 0 bridgehead atoms. The minimum atomic E-state index is -4.52. The molecule has 0 aromatic carbocycles. The molecule has 32 heavy (non-hydrogen) atoms. The maximum absolute atomic E-state index is 12.2. The molecule has 0 aliphatic heterocycles. The van der Waals surface area contributed by atoms with Crippen LogP contribution in [0.5, 0.6) is 0 Å². The fourth-order valence-electron chi connectivity index (χ4n) is 3.31. The molecule has 0 aliphatic rings. The van der Waals surface area contributed by atoms with Crippen molar-refractivity contribution < 1.29 is 33.5 Å². The minimum absolute atomic E-state index is 0.238. The summed E-state index contributed by atoms with van der Waals surface area (Å²) in [4.78, 5) is 51.0. The van der Waals surface area contributed by atoms with E-state index >= 15 is 0 Å². The Hall–Kier alpha value is -1.05. The molecule has 0 saturated carbocycles. The fraction of sp³-hybridized carbons (Fsp3) is 0.826. The van der Waals surface area contributed by atoms with Crippen molar-refractivity contribution >= 4 is 20.0 Å². The highest BCUT2D eigenvalue weighted by molar-refractivity contribution is 7.53. The summed E-state index contributed by atoms with van der Waals surface area (Å²) in [6, 6.07) is 0. The van der Waals surface area contributed by atoms with Crippen LogP contribution < -0.4 is 5.32 Å². The van der Waals surface area contributed by atoms with Crippen molar-refractivity contribution in [3.63, 3.8) is 0 Å². The summed E-state index contributed by atoms with van der Waals surface area (Å²) in [5, 5.41) is 2.50. The summed E-state index contributed by atoms with van der Waals surface area (Å²) in [7, 11) is -3.37. The maximum atomic E-state index is 12.2. The molecule has 0 saturated heterocycles. The monoisotopic (exact) mass is 478 g/mol. The standard InChI is InChI=1S/C23H44NO7P/c1-4-5-6-7-8-9-10-11-12-13-14-15-16-17-18-19-21(25)24-23(2,22(26)30-3)20-31-32(27,28)29/h11-12,27-29H,4-10,13-20H2,1-3H3/p+1/b12-11-. The lowest BCUT2D eigenvalue weighted by Crippen LogP contribution is -2.56. The van der Waals surface area contributed by atoms with Gasteiger partial charge in [-0.15, -0.1) is 0 Å². The van der Waals surface area contributed by atoms with E-state index in [-0.39, 0.29) is 12.3 Å². The van der Waals surface area contributed by atoms with Crippen LogP contribution >= 0.6 is 8.17 Å². The maximum Gasteiger partial charge on any atom is 0.567 e. The van der Waals surface area contributed by atoms with E-state index < -0.39 is 26.3 Å². The number of rotatable bonds is 20. The number of carbonyl (C=O) groups excluding carboxylic acids is 2. The van der Waals surface area contributed by atoms with Gasteiger partial charge in [0.05, 0.1) is 7.11 Å². The lowest BCUT2D eigenvalue weighted by molar-refractivity contribution is -0.151. The van der Waals surface area contributed by atoms with Gasteiger partial charge >= 0.3 is 14.1 Å². The number of nitrogens with one attached hydrogen (secondary N) is 1. The second-order valence-electron chi connectivity index (χ2n) is 8.49. The predicted octanol–water partition coefficient (Wildman–Crippen LogP) is 4.74. The average molecular weight is 479 g/mol. The van der Waals surface area contributed by atoms with Gasteiger partial charge in [0.25, 0.3) is 0 Å². The van der Waals surface area contributed by atoms with Crippen LogP contribution in [0.3, 0.4) is 0 Å². The van der Waals surface area contributed by atoms with E-state index in [1.807, 2.05) is 0 Å². The van der Waals surface area contributed by atoms with Crippen molar-refractivity contribution in [3.8, 4) is 0 Å². The molecule has 1 unspecified atom stereocenters. The Morgan fingerprint density at radius 1 is 0.875 bits per heavy atom. The first-order valence-corrected chi connectivity index (χ1v) is 13.5. The Labute approximate surface area is 194 Å². The zero-order valence-electron chi connectivity index (χ0n) is 20.2. The summed E-state index contributed by atoms with van der Waals surface area (Å²) < 4.78 is 9.15. The molecule has 0 rings (SSSR count). The van der Waals surface area contributed by atoms with Gasteiger partial charge in [-0.3, -0.25) is 4.79 Å². The number of esters is 1. The highest BCUT2D eigenvalue weighted by Gasteiger charge is 2.43. The van der Waals surface area contributed by atoms with E-state index in [0.717, 1.165) is 39.2 Å². The van der Waals surface area contributed by atoms with Crippen LogP contribution in [0.25, 0.3) is 0 Å². The van der Waals surface area contributed by atoms with Crippen molar-refractivity contribution in [1.82, 2.24) is 5.32 Å². The third-order valence-electron chi connectivity index (χ3n) is 5.24. The number of ether oxygens (including phenoxy) is 1. The Balaban J connectivity index is 3.86. The molecule has 188 valence electrons. The Kier molecular flexibility index (Phi) is 17.8. The molecule has 9 heteroatoms. The van der Waals surface area contributed by atoms with Crippen molar-refractivity contribution in [2.24, 2.45) is 0 Å². The van der Waals surface area contributed by atoms with E-state index in [0.29, 0.717) is 6.42 Å². The topological polar surface area (TPSA) is 125 Å². The molecule has 0 fully saturated rings. The van der Waals surface area contributed by atoms with Crippen molar-refractivity contribution in [2.45, 2.75) is 109 Å². The summed E-state index contributed by atoms with van der Waals surface area (Å²) in [5.74, 6) is -1.17. The van der Waals surface area contributed by atoms with Crippen LogP contribution in [0.2, 0.25) is 0 Å². The molecular formula is C23H45NO7P+. The second kappa shape index (κ2) is 18.4. The number of methoxy groups -OCH3 is 1. The summed E-state index contributed by atoms with van der Waals surface area (Å²) in [6.45, 7) is 2.96. The van der Waals surface area contributed by atoms with E-state index in [2.05, 4.69) is 33.7 Å². The quantitative estimate of drug-likeness (QED) is 0.0861. The zero-order valence-corrected chi connectivity index (χ0v) is 21.1. The third kappa shape index (κ3) is 17.5. The summed E-state index contributed by atoms with van der Waals surface area (Å²) in [6.07, 6.45) is 20.0. The molecule has 0 heterocycles. The van der Waals surface area contributed by atoms with Gasteiger partial charge in [-0.1, -0.05) is 70.4 Å². The van der Waals surface area contributed by atoms with E-state index in [9.17, 15) is 9.59 Å². The first-order chi connectivity index (χ1) is 15.1. The van der Waals surface area contributed by atoms with Crippen molar-refractivity contribution in [2.75, 3.05) is 13.7 Å². The van der Waals surface area contributed by atoms with Crippen LogP contribution in [0.4, 0.5) is 0 Å². The smallest absolute Gasteiger partial charge is 0.467 e. The molecule has 0 spiro atoms. The number of hydrogen-bond acceptors (Lipinski definition) is 7. The molecule has 0 radical (unpaired) electrons. The van der Waals surface area contributed by atoms with E-state index in [1.165, 1.54) is 51.9 Å². The molecule has 0 aliphatic carbocycles. The first kappa shape index (κ1) is 30.9. The lowest BCUT2D eigenvalue weighted by atomic mass is 10.0. The van der Waals surface area contributed by atoms with Crippen LogP contribution in [0, 0.1) is 0 Å². The Morgan fingerprint density at radius 3 is 1.88 bits per heavy atom. The summed E-state index contributed by atoms with van der Waals surface area (Å²) in [5.41, 5.74) is -1.62. The largest absolute Gasteiger partial charge is 0.567 e. The molecule has 0 aromatic heterocycles. The van der Waals surface area contributed by atoms with Gasteiger partial charge in [0.1, 0.15) is 6.61 Å². The number of carbonyl (C=O) groups is 2. The normalized spacial score (nSPS) is 13.8. The highest BCUT2D eigenvalue weighted by Crippen LogP contribution is 2.46. The molecular weight excluding hydrogens is 433 g/mol. The van der Waals surface area contributed by atoms with Crippen molar-refractivity contribution in [1.29, 1.82) is 0 Å². The summed E-state index contributed by atoms with van der Waals surface area (Å²) >= 11 is 0. The lowest BCUT2D eigenvalue weighted by Gasteiger charge is -2.26. The molecule has 0 aromatic rings. The number of allylic oxidation sites excluding steroid dienone is 2. The number of amides is 1. The zero-order chi connectivity index (χ0) is 24.3. The molecule has 1 amide bonds. The van der Waals surface area contributed by atoms with Crippen LogP contribution in [-0.2, 0) is 18.8 Å². The van der Waals surface area contributed by atoms with Gasteiger partial charge < -0.3 is 10.1 Å². The van der Waals surface area contributed by atoms with Crippen molar-refractivity contribution in [3.05, 3.63) is 12.2 Å². The minimum Gasteiger partial charge on any atom is -0.467 e. The Bertz CT molecular complexity index is 537.